The summed E-state index contributed by atoms with van der Waals surface area (Å²) in [5.74, 6) is 0.492. The van der Waals surface area contributed by atoms with E-state index in [-0.39, 0.29) is 0 Å². The topological polar surface area (TPSA) is 57.1 Å². The first-order valence-electron chi connectivity index (χ1n) is 4.19. The van der Waals surface area contributed by atoms with Gasteiger partial charge in [0.25, 0.3) is 0 Å². The van der Waals surface area contributed by atoms with Gasteiger partial charge in [-0.15, -0.1) is 11.3 Å². The molecule has 2 rings (SSSR count). The van der Waals surface area contributed by atoms with Crippen molar-refractivity contribution in [1.82, 2.24) is 15.0 Å². The summed E-state index contributed by atoms with van der Waals surface area (Å²) in [5.41, 5.74) is 2.57. The normalized spacial score (nSPS) is 10.0. The molecule has 2 aromatic rings. The van der Waals surface area contributed by atoms with E-state index >= 15 is 0 Å². The van der Waals surface area contributed by atoms with Crippen LogP contribution in [0.2, 0.25) is 0 Å². The molecule has 0 fully saturated rings. The number of ether oxygens (including phenoxy) is 2. The fourth-order valence-corrected chi connectivity index (χ4v) is 1.75. The molecular weight excluding hydrogens is 214 g/mol. The van der Waals surface area contributed by atoms with E-state index in [4.69, 9.17) is 9.47 Å². The molecule has 0 saturated heterocycles. The summed E-state index contributed by atoms with van der Waals surface area (Å²) in [6.45, 7) is 0. The van der Waals surface area contributed by atoms with Crippen LogP contribution in [0.4, 0.5) is 0 Å². The molecule has 0 atom stereocenters. The molecule has 0 amide bonds. The summed E-state index contributed by atoms with van der Waals surface area (Å²) >= 11 is 1.51. The van der Waals surface area contributed by atoms with Crippen molar-refractivity contribution in [3.63, 3.8) is 0 Å². The first-order chi connectivity index (χ1) is 7.35. The van der Waals surface area contributed by atoms with Gasteiger partial charge in [0.15, 0.2) is 0 Å². The van der Waals surface area contributed by atoms with Crippen LogP contribution < -0.4 is 9.47 Å². The van der Waals surface area contributed by atoms with Gasteiger partial charge >= 0.3 is 6.01 Å². The van der Waals surface area contributed by atoms with Crippen LogP contribution >= 0.6 is 11.3 Å². The van der Waals surface area contributed by atoms with Gasteiger partial charge in [-0.25, -0.2) is 4.98 Å². The van der Waals surface area contributed by atoms with Crippen LogP contribution in [0.1, 0.15) is 0 Å². The third kappa shape index (κ3) is 1.89. The minimum atomic E-state index is 0.292. The molecule has 0 radical (unpaired) electrons. The van der Waals surface area contributed by atoms with E-state index in [0.29, 0.717) is 11.9 Å². The van der Waals surface area contributed by atoms with Crippen molar-refractivity contribution in [2.45, 2.75) is 0 Å². The Bertz CT molecular complexity index is 445. The number of thiazole rings is 1. The lowest BCUT2D eigenvalue weighted by Gasteiger charge is -2.05. The maximum atomic E-state index is 5.16. The molecule has 0 aliphatic carbocycles. The number of rotatable bonds is 3. The molecule has 78 valence electrons. The van der Waals surface area contributed by atoms with Gasteiger partial charge < -0.3 is 9.47 Å². The molecule has 0 aliphatic heterocycles. The number of nitrogens with zero attached hydrogens (tertiary/aromatic N) is 3. The second-order valence-corrected chi connectivity index (χ2v) is 3.53. The Hall–Kier alpha value is -1.69. The van der Waals surface area contributed by atoms with Crippen LogP contribution in [0, 0.1) is 0 Å². The van der Waals surface area contributed by atoms with E-state index in [1.807, 2.05) is 0 Å². The van der Waals surface area contributed by atoms with Crippen molar-refractivity contribution in [2.75, 3.05) is 14.2 Å². The molecule has 0 aliphatic rings. The van der Waals surface area contributed by atoms with Crippen LogP contribution in [-0.4, -0.2) is 29.2 Å². The Morgan fingerprint density at radius 3 is 2.67 bits per heavy atom. The molecule has 5 nitrogen and oxygen atoms in total. The van der Waals surface area contributed by atoms with Gasteiger partial charge in [-0.2, -0.15) is 4.98 Å². The lowest BCUT2D eigenvalue weighted by Crippen LogP contribution is -1.96. The second kappa shape index (κ2) is 4.22. The molecular formula is C9H9N3O2S. The van der Waals surface area contributed by atoms with Crippen molar-refractivity contribution in [1.29, 1.82) is 0 Å². The van der Waals surface area contributed by atoms with Crippen LogP contribution in [0.15, 0.2) is 17.9 Å². The Morgan fingerprint density at radius 2 is 2.07 bits per heavy atom. The highest BCUT2D eigenvalue weighted by Gasteiger charge is 2.11. The summed E-state index contributed by atoms with van der Waals surface area (Å²) in [5, 5.41) is 0. The quantitative estimate of drug-likeness (QED) is 0.791. The lowest BCUT2D eigenvalue weighted by atomic mass is 10.3. The standard InChI is InChI=1S/C9H9N3O2S/c1-13-8-6(7-4-10-5-15-7)3-11-9(12-8)14-2/h3-5H,1-2H3. The smallest absolute Gasteiger partial charge is 0.319 e. The minimum absolute atomic E-state index is 0.292. The second-order valence-electron chi connectivity index (χ2n) is 2.65. The predicted molar refractivity (Wildman–Crippen MR) is 56.2 cm³/mol. The fraction of sp³-hybridized carbons (Fsp3) is 0.222. The third-order valence-electron chi connectivity index (χ3n) is 1.81. The average molecular weight is 223 g/mol. The van der Waals surface area contributed by atoms with E-state index in [1.165, 1.54) is 18.4 Å². The minimum Gasteiger partial charge on any atom is -0.480 e. The highest BCUT2D eigenvalue weighted by Crippen LogP contribution is 2.30. The molecule has 0 saturated carbocycles. The van der Waals surface area contributed by atoms with E-state index < -0.39 is 0 Å². The van der Waals surface area contributed by atoms with E-state index in [0.717, 1.165) is 10.4 Å². The van der Waals surface area contributed by atoms with Crippen molar-refractivity contribution < 1.29 is 9.47 Å². The fourth-order valence-electron chi connectivity index (χ4n) is 1.12. The van der Waals surface area contributed by atoms with Crippen molar-refractivity contribution >= 4 is 11.3 Å². The largest absolute Gasteiger partial charge is 0.480 e. The Kier molecular flexibility index (Phi) is 2.77. The number of methoxy groups -OCH3 is 2. The van der Waals surface area contributed by atoms with E-state index in [2.05, 4.69) is 15.0 Å². The van der Waals surface area contributed by atoms with Gasteiger partial charge in [-0.1, -0.05) is 0 Å². The lowest BCUT2D eigenvalue weighted by molar-refractivity contribution is 0.353. The van der Waals surface area contributed by atoms with Crippen molar-refractivity contribution in [3.8, 4) is 22.3 Å². The maximum absolute atomic E-state index is 5.16. The summed E-state index contributed by atoms with van der Waals surface area (Å²) in [7, 11) is 3.08. The molecule has 0 unspecified atom stereocenters. The predicted octanol–water partition coefficient (Wildman–Crippen LogP) is 1.62. The molecule has 2 aromatic heterocycles. The van der Waals surface area contributed by atoms with Crippen LogP contribution in [-0.2, 0) is 0 Å². The monoisotopic (exact) mass is 223 g/mol. The van der Waals surface area contributed by atoms with Crippen LogP contribution in [0.5, 0.6) is 11.9 Å². The highest BCUT2D eigenvalue weighted by molar-refractivity contribution is 7.13. The summed E-state index contributed by atoms with van der Waals surface area (Å²) in [4.78, 5) is 13.1. The van der Waals surface area contributed by atoms with Crippen molar-refractivity contribution in [3.05, 3.63) is 17.9 Å². The average Bonchev–Trinajstić information content (AvgIpc) is 2.81. The van der Waals surface area contributed by atoms with Crippen LogP contribution in [0.25, 0.3) is 10.4 Å². The molecule has 0 spiro atoms. The molecule has 0 N–H and O–H groups in total. The van der Waals surface area contributed by atoms with Gasteiger partial charge in [0.05, 0.1) is 30.2 Å². The highest BCUT2D eigenvalue weighted by atomic mass is 32.1. The number of aromatic nitrogens is 3. The summed E-state index contributed by atoms with van der Waals surface area (Å²) < 4.78 is 10.1. The van der Waals surface area contributed by atoms with Gasteiger partial charge in [0, 0.05) is 12.4 Å². The first-order valence-corrected chi connectivity index (χ1v) is 5.07. The Balaban J connectivity index is 2.48. The van der Waals surface area contributed by atoms with Gasteiger partial charge in [-0.3, -0.25) is 4.98 Å². The number of hydrogen-bond donors (Lipinski definition) is 0. The van der Waals surface area contributed by atoms with Gasteiger partial charge in [0.1, 0.15) is 0 Å². The van der Waals surface area contributed by atoms with Gasteiger partial charge in [0.2, 0.25) is 5.88 Å². The molecule has 0 aromatic carbocycles. The van der Waals surface area contributed by atoms with E-state index in [9.17, 15) is 0 Å². The molecule has 6 heteroatoms. The van der Waals surface area contributed by atoms with E-state index in [1.54, 1.807) is 25.0 Å². The molecule has 2 heterocycles. The zero-order valence-electron chi connectivity index (χ0n) is 8.30. The Labute approximate surface area is 90.7 Å². The summed E-state index contributed by atoms with van der Waals surface area (Å²) in [6.07, 6.45) is 3.41. The maximum Gasteiger partial charge on any atom is 0.319 e. The summed E-state index contributed by atoms with van der Waals surface area (Å²) in [6, 6.07) is 0.292. The van der Waals surface area contributed by atoms with Gasteiger partial charge in [-0.05, 0) is 0 Å². The van der Waals surface area contributed by atoms with Crippen molar-refractivity contribution in [2.24, 2.45) is 0 Å². The SMILES string of the molecule is COc1ncc(-c2cncs2)c(OC)n1. The molecule has 15 heavy (non-hydrogen) atoms. The third-order valence-corrected chi connectivity index (χ3v) is 2.61. The van der Waals surface area contributed by atoms with Crippen LogP contribution in [0.3, 0.4) is 0 Å². The number of hydrogen-bond acceptors (Lipinski definition) is 6. The molecule has 0 bridgehead atoms. The zero-order valence-corrected chi connectivity index (χ0v) is 9.11. The zero-order chi connectivity index (χ0) is 10.7. The Morgan fingerprint density at radius 1 is 1.20 bits per heavy atom. The first kappa shape index (κ1) is 9.85.